The molecule has 3 rings (SSSR count). The fourth-order valence-electron chi connectivity index (χ4n) is 2.05. The molecule has 0 amide bonds. The molecule has 0 spiro atoms. The molecule has 2 N–H and O–H groups in total. The van der Waals surface area contributed by atoms with Crippen molar-refractivity contribution in [3.63, 3.8) is 0 Å². The molecular weight excluding hydrogens is 300 g/mol. The predicted octanol–water partition coefficient (Wildman–Crippen LogP) is 4.23. The minimum absolute atomic E-state index is 0.247. The molecule has 24 heavy (non-hydrogen) atoms. The van der Waals surface area contributed by atoms with Crippen LogP contribution in [0.15, 0.2) is 60.9 Å². The van der Waals surface area contributed by atoms with Crippen LogP contribution in [0, 0.1) is 0 Å². The van der Waals surface area contributed by atoms with E-state index in [-0.39, 0.29) is 11.5 Å². The van der Waals surface area contributed by atoms with Gasteiger partial charge >= 0.3 is 0 Å². The Hall–Kier alpha value is -3.40. The highest BCUT2D eigenvalue weighted by Crippen LogP contribution is 2.13. The van der Waals surface area contributed by atoms with E-state index in [1.165, 1.54) is 0 Å². The lowest BCUT2D eigenvalue weighted by atomic mass is 10.2. The van der Waals surface area contributed by atoms with Crippen LogP contribution in [0.4, 0.5) is 0 Å². The van der Waals surface area contributed by atoms with E-state index in [1.807, 2.05) is 48.6 Å². The highest BCUT2D eigenvalue weighted by atomic mass is 16.3. The molecular formula is C20H16N2O2. The zero-order valence-electron chi connectivity index (χ0n) is 12.9. The molecule has 1 heterocycles. The standard InChI is InChI=1S/C20H16N2O2/c23-19-9-3-15(4-10-19)1-7-17-13-22-18(14-21-17)8-2-16-5-11-20(24)12-6-16/h1-14,23-24H/b7-1+,8-2+. The van der Waals surface area contributed by atoms with Gasteiger partial charge in [0.15, 0.2) is 0 Å². The van der Waals surface area contributed by atoms with Crippen molar-refractivity contribution >= 4 is 24.3 Å². The number of hydrogen-bond acceptors (Lipinski definition) is 4. The summed E-state index contributed by atoms with van der Waals surface area (Å²) in [5.41, 5.74) is 3.46. The molecule has 0 aliphatic carbocycles. The molecule has 0 radical (unpaired) electrons. The molecule has 4 nitrogen and oxygen atoms in total. The number of hydrogen-bond donors (Lipinski definition) is 2. The number of rotatable bonds is 4. The lowest BCUT2D eigenvalue weighted by Gasteiger charge is -1.97. The van der Waals surface area contributed by atoms with Gasteiger partial charge in [-0.05, 0) is 47.5 Å². The molecule has 0 saturated heterocycles. The van der Waals surface area contributed by atoms with Crippen LogP contribution in [0.1, 0.15) is 22.5 Å². The lowest BCUT2D eigenvalue weighted by molar-refractivity contribution is 0.474. The van der Waals surface area contributed by atoms with E-state index >= 15 is 0 Å². The second kappa shape index (κ2) is 7.24. The van der Waals surface area contributed by atoms with Gasteiger partial charge in [-0.3, -0.25) is 9.97 Å². The summed E-state index contributed by atoms with van der Waals surface area (Å²) in [7, 11) is 0. The molecule has 0 bridgehead atoms. The number of phenols is 2. The third-order valence-electron chi connectivity index (χ3n) is 3.37. The molecule has 2 aromatic carbocycles. The van der Waals surface area contributed by atoms with Crippen LogP contribution in [0.2, 0.25) is 0 Å². The van der Waals surface area contributed by atoms with Crippen molar-refractivity contribution in [2.24, 2.45) is 0 Å². The first-order valence-corrected chi connectivity index (χ1v) is 7.45. The van der Waals surface area contributed by atoms with Gasteiger partial charge in [-0.2, -0.15) is 0 Å². The molecule has 0 saturated carbocycles. The van der Waals surface area contributed by atoms with Crippen molar-refractivity contribution in [2.75, 3.05) is 0 Å². The monoisotopic (exact) mass is 316 g/mol. The fraction of sp³-hybridized carbons (Fsp3) is 0. The maximum atomic E-state index is 9.25. The van der Waals surface area contributed by atoms with Crippen LogP contribution in [0.5, 0.6) is 11.5 Å². The van der Waals surface area contributed by atoms with Crippen molar-refractivity contribution in [1.82, 2.24) is 9.97 Å². The number of aromatic nitrogens is 2. The number of aromatic hydroxyl groups is 2. The summed E-state index contributed by atoms with van der Waals surface area (Å²) in [5, 5.41) is 18.5. The van der Waals surface area contributed by atoms with E-state index in [2.05, 4.69) is 9.97 Å². The Balaban J connectivity index is 1.66. The second-order valence-electron chi connectivity index (χ2n) is 5.22. The third kappa shape index (κ3) is 4.30. The maximum absolute atomic E-state index is 9.25. The zero-order valence-corrected chi connectivity index (χ0v) is 12.9. The second-order valence-corrected chi connectivity index (χ2v) is 5.22. The summed E-state index contributed by atoms with van der Waals surface area (Å²) in [6.07, 6.45) is 11.0. The minimum atomic E-state index is 0.247. The Morgan fingerprint density at radius 1 is 0.542 bits per heavy atom. The van der Waals surface area contributed by atoms with Gasteiger partial charge in [-0.1, -0.05) is 36.4 Å². The van der Waals surface area contributed by atoms with Gasteiger partial charge in [-0.15, -0.1) is 0 Å². The normalized spacial score (nSPS) is 11.3. The van der Waals surface area contributed by atoms with Crippen LogP contribution in [-0.4, -0.2) is 20.2 Å². The highest BCUT2D eigenvalue weighted by Gasteiger charge is 1.94. The smallest absolute Gasteiger partial charge is 0.115 e. The van der Waals surface area contributed by atoms with E-state index in [0.29, 0.717) is 0 Å². The van der Waals surface area contributed by atoms with Gasteiger partial charge in [0.25, 0.3) is 0 Å². The minimum Gasteiger partial charge on any atom is -0.508 e. The summed E-state index contributed by atoms with van der Waals surface area (Å²) in [4.78, 5) is 8.70. The Bertz CT molecular complexity index is 775. The largest absolute Gasteiger partial charge is 0.508 e. The van der Waals surface area contributed by atoms with E-state index in [4.69, 9.17) is 0 Å². The Morgan fingerprint density at radius 3 is 1.25 bits per heavy atom. The predicted molar refractivity (Wildman–Crippen MR) is 96.1 cm³/mol. The molecule has 0 unspecified atom stereocenters. The summed E-state index contributed by atoms with van der Waals surface area (Å²) in [6.45, 7) is 0. The molecule has 0 atom stereocenters. The molecule has 4 heteroatoms. The van der Waals surface area contributed by atoms with Gasteiger partial charge in [0.05, 0.1) is 23.8 Å². The van der Waals surface area contributed by atoms with Crippen molar-refractivity contribution in [2.45, 2.75) is 0 Å². The SMILES string of the molecule is Oc1ccc(/C=C/c2cnc(/C=C/c3ccc(O)cc3)cn2)cc1. The van der Waals surface area contributed by atoms with E-state index in [1.54, 1.807) is 36.7 Å². The molecule has 0 aliphatic rings. The van der Waals surface area contributed by atoms with Crippen LogP contribution in [-0.2, 0) is 0 Å². The fourth-order valence-corrected chi connectivity index (χ4v) is 2.05. The molecule has 1 aromatic heterocycles. The molecule has 3 aromatic rings. The average molecular weight is 316 g/mol. The first-order valence-electron chi connectivity index (χ1n) is 7.45. The zero-order chi connectivity index (χ0) is 16.8. The molecule has 0 fully saturated rings. The third-order valence-corrected chi connectivity index (χ3v) is 3.37. The van der Waals surface area contributed by atoms with Gasteiger partial charge in [-0.25, -0.2) is 0 Å². The summed E-state index contributed by atoms with van der Waals surface area (Å²) in [5.74, 6) is 0.494. The topological polar surface area (TPSA) is 66.2 Å². The van der Waals surface area contributed by atoms with E-state index in [9.17, 15) is 10.2 Å². The van der Waals surface area contributed by atoms with Gasteiger partial charge in [0.2, 0.25) is 0 Å². The number of phenolic OH excluding ortho intramolecular Hbond substituents is 2. The molecule has 0 aliphatic heterocycles. The van der Waals surface area contributed by atoms with Crippen molar-refractivity contribution in [3.05, 3.63) is 83.4 Å². The Labute approximate surface area is 140 Å². The Morgan fingerprint density at radius 2 is 0.917 bits per heavy atom. The van der Waals surface area contributed by atoms with E-state index in [0.717, 1.165) is 22.5 Å². The van der Waals surface area contributed by atoms with Crippen molar-refractivity contribution in [1.29, 1.82) is 0 Å². The number of nitrogens with zero attached hydrogens (tertiary/aromatic N) is 2. The highest BCUT2D eigenvalue weighted by molar-refractivity contribution is 5.70. The summed E-state index contributed by atoms with van der Waals surface area (Å²) in [6, 6.07) is 13.9. The van der Waals surface area contributed by atoms with Crippen LogP contribution >= 0.6 is 0 Å². The number of benzene rings is 2. The molecule has 118 valence electrons. The average Bonchev–Trinajstić information content (AvgIpc) is 2.62. The summed E-state index contributed by atoms with van der Waals surface area (Å²) < 4.78 is 0. The van der Waals surface area contributed by atoms with Gasteiger partial charge in [0, 0.05) is 0 Å². The van der Waals surface area contributed by atoms with Gasteiger partial charge in [0.1, 0.15) is 11.5 Å². The Kier molecular flexibility index (Phi) is 4.68. The maximum Gasteiger partial charge on any atom is 0.115 e. The van der Waals surface area contributed by atoms with Crippen LogP contribution in [0.3, 0.4) is 0 Å². The first kappa shape index (κ1) is 15.5. The van der Waals surface area contributed by atoms with Crippen molar-refractivity contribution in [3.8, 4) is 11.5 Å². The lowest BCUT2D eigenvalue weighted by Crippen LogP contribution is -1.86. The van der Waals surface area contributed by atoms with Crippen LogP contribution < -0.4 is 0 Å². The quantitative estimate of drug-likeness (QED) is 0.756. The van der Waals surface area contributed by atoms with Gasteiger partial charge < -0.3 is 10.2 Å². The van der Waals surface area contributed by atoms with Crippen LogP contribution in [0.25, 0.3) is 24.3 Å². The summed E-state index contributed by atoms with van der Waals surface area (Å²) >= 11 is 0. The van der Waals surface area contributed by atoms with E-state index < -0.39 is 0 Å². The first-order chi connectivity index (χ1) is 11.7. The van der Waals surface area contributed by atoms with Crippen molar-refractivity contribution < 1.29 is 10.2 Å².